The second-order valence-electron chi connectivity index (χ2n) is 5.76. The smallest absolute Gasteiger partial charge is 0.365 e. The van der Waals surface area contributed by atoms with Gasteiger partial charge in [0.05, 0.1) is 6.42 Å². The van der Waals surface area contributed by atoms with Gasteiger partial charge in [-0.05, 0) is 31.2 Å². The lowest BCUT2D eigenvalue weighted by atomic mass is 9.97. The summed E-state index contributed by atoms with van der Waals surface area (Å²) in [6.45, 7) is 1.82. The maximum Gasteiger partial charge on any atom is 0.431 e. The number of nitrogens with zero attached hydrogens (tertiary/aromatic N) is 3. The molecule has 0 saturated carbocycles. The van der Waals surface area contributed by atoms with Crippen LogP contribution in [0.2, 0.25) is 0 Å². The first-order chi connectivity index (χ1) is 11.7. The molecule has 1 N–H and O–H groups in total. The normalized spacial score (nSPS) is 20.5. The zero-order valence-corrected chi connectivity index (χ0v) is 13.2. The highest BCUT2D eigenvalue weighted by Crippen LogP contribution is 2.40. The molecule has 2 heterocycles. The molecular weight excluding hydrogens is 335 g/mol. The summed E-state index contributed by atoms with van der Waals surface area (Å²) in [6, 6.07) is 8.97. The van der Waals surface area contributed by atoms with Gasteiger partial charge in [0.15, 0.2) is 5.72 Å². The van der Waals surface area contributed by atoms with Gasteiger partial charge in [0.1, 0.15) is 5.71 Å². The number of halogens is 3. The van der Waals surface area contributed by atoms with Gasteiger partial charge < -0.3 is 5.11 Å². The molecular formula is C17H14F3N3O2. The van der Waals surface area contributed by atoms with Crippen LogP contribution in [-0.2, 0) is 5.72 Å². The highest BCUT2D eigenvalue weighted by atomic mass is 19.4. The Kier molecular flexibility index (Phi) is 4.08. The minimum Gasteiger partial charge on any atom is -0.365 e. The first-order valence-corrected chi connectivity index (χ1v) is 7.40. The molecule has 130 valence electrons. The summed E-state index contributed by atoms with van der Waals surface area (Å²) in [5.41, 5.74) is -2.32. The Morgan fingerprint density at radius 2 is 1.76 bits per heavy atom. The van der Waals surface area contributed by atoms with Crippen LogP contribution in [0.15, 0.2) is 53.9 Å². The van der Waals surface area contributed by atoms with Gasteiger partial charge in [-0.2, -0.15) is 23.3 Å². The lowest BCUT2D eigenvalue weighted by molar-refractivity contribution is -0.0816. The number of hydrazone groups is 1. The molecule has 25 heavy (non-hydrogen) atoms. The van der Waals surface area contributed by atoms with E-state index in [1.807, 2.05) is 6.92 Å². The van der Waals surface area contributed by atoms with Gasteiger partial charge in [-0.1, -0.05) is 17.7 Å². The van der Waals surface area contributed by atoms with Crippen LogP contribution >= 0.6 is 0 Å². The number of carbonyl (C=O) groups is 1. The Labute approximate surface area is 141 Å². The number of hydrogen-bond donors (Lipinski definition) is 1. The molecule has 2 aromatic rings. The molecule has 5 nitrogen and oxygen atoms in total. The van der Waals surface area contributed by atoms with Crippen molar-refractivity contribution in [1.29, 1.82) is 0 Å². The van der Waals surface area contributed by atoms with Gasteiger partial charge in [-0.3, -0.25) is 9.78 Å². The van der Waals surface area contributed by atoms with Crippen molar-refractivity contribution in [2.75, 3.05) is 0 Å². The molecule has 1 aliphatic rings. The fourth-order valence-corrected chi connectivity index (χ4v) is 2.58. The molecule has 0 fully saturated rings. The summed E-state index contributed by atoms with van der Waals surface area (Å²) in [6.07, 6.45) is -2.94. The zero-order valence-electron chi connectivity index (χ0n) is 13.2. The van der Waals surface area contributed by atoms with Crippen molar-refractivity contribution < 1.29 is 23.1 Å². The Bertz CT molecular complexity index is 819. The van der Waals surface area contributed by atoms with Crippen LogP contribution in [0, 0.1) is 6.92 Å². The number of carbonyl (C=O) groups excluding carboxylic acids is 1. The average Bonchev–Trinajstić information content (AvgIpc) is 2.95. The third kappa shape index (κ3) is 3.12. The third-order valence-corrected chi connectivity index (χ3v) is 3.95. The molecule has 1 atom stereocenters. The van der Waals surface area contributed by atoms with Crippen LogP contribution in [0.4, 0.5) is 13.2 Å². The van der Waals surface area contributed by atoms with E-state index in [4.69, 9.17) is 0 Å². The Morgan fingerprint density at radius 1 is 1.16 bits per heavy atom. The molecule has 1 aromatic carbocycles. The number of aromatic nitrogens is 1. The monoisotopic (exact) mass is 349 g/mol. The number of benzene rings is 1. The van der Waals surface area contributed by atoms with Crippen LogP contribution < -0.4 is 0 Å². The predicted molar refractivity (Wildman–Crippen MR) is 83.6 cm³/mol. The molecule has 0 unspecified atom stereocenters. The van der Waals surface area contributed by atoms with Crippen molar-refractivity contribution in [3.8, 4) is 0 Å². The standard InChI is InChI=1S/C17H14F3N3O2/c1-11-2-4-12(5-3-11)15(24)23-16(25,13-6-8-21-9-7-13)10-14(22-23)17(18,19)20/h2-9,25H,10H2,1H3/t16-/m0/s1. The van der Waals surface area contributed by atoms with Crippen molar-refractivity contribution in [1.82, 2.24) is 9.99 Å². The lowest BCUT2D eigenvalue weighted by Crippen LogP contribution is -2.43. The maximum absolute atomic E-state index is 13.1. The van der Waals surface area contributed by atoms with Crippen molar-refractivity contribution in [3.63, 3.8) is 0 Å². The lowest BCUT2D eigenvalue weighted by Gasteiger charge is -2.31. The average molecular weight is 349 g/mol. The van der Waals surface area contributed by atoms with Gasteiger partial charge in [0.25, 0.3) is 5.91 Å². The van der Waals surface area contributed by atoms with E-state index in [2.05, 4.69) is 10.1 Å². The topological polar surface area (TPSA) is 65.8 Å². The Balaban J connectivity index is 2.06. The van der Waals surface area contributed by atoms with Gasteiger partial charge in [-0.15, -0.1) is 0 Å². The fraction of sp³-hybridized carbons (Fsp3) is 0.235. The number of alkyl halides is 3. The molecule has 3 rings (SSSR count). The zero-order chi connectivity index (χ0) is 18.2. The number of aryl methyl sites for hydroxylation is 1. The van der Waals surface area contributed by atoms with E-state index in [9.17, 15) is 23.1 Å². The van der Waals surface area contributed by atoms with E-state index in [0.717, 1.165) is 5.56 Å². The molecule has 1 aliphatic heterocycles. The number of aliphatic hydroxyl groups is 1. The highest BCUT2D eigenvalue weighted by molar-refractivity contribution is 5.99. The first-order valence-electron chi connectivity index (χ1n) is 7.40. The summed E-state index contributed by atoms with van der Waals surface area (Å²) in [5, 5.41) is 14.8. The molecule has 1 amide bonds. The van der Waals surface area contributed by atoms with Crippen molar-refractivity contribution in [3.05, 3.63) is 65.5 Å². The summed E-state index contributed by atoms with van der Waals surface area (Å²) in [4.78, 5) is 16.5. The molecule has 0 saturated heterocycles. The van der Waals surface area contributed by atoms with E-state index in [0.29, 0.717) is 5.01 Å². The highest BCUT2D eigenvalue weighted by Gasteiger charge is 2.53. The Hall–Kier alpha value is -2.74. The number of pyridine rings is 1. The molecule has 8 heteroatoms. The molecule has 0 radical (unpaired) electrons. The summed E-state index contributed by atoms with van der Waals surface area (Å²) in [5.74, 6) is -0.821. The van der Waals surface area contributed by atoms with Gasteiger partial charge in [0.2, 0.25) is 0 Å². The second-order valence-corrected chi connectivity index (χ2v) is 5.76. The maximum atomic E-state index is 13.1. The largest absolute Gasteiger partial charge is 0.431 e. The molecule has 0 spiro atoms. The van der Waals surface area contributed by atoms with Crippen molar-refractivity contribution >= 4 is 11.6 Å². The first kappa shape index (κ1) is 17.1. The second kappa shape index (κ2) is 5.96. The third-order valence-electron chi connectivity index (χ3n) is 3.95. The quantitative estimate of drug-likeness (QED) is 0.906. The molecule has 0 bridgehead atoms. The van der Waals surface area contributed by atoms with Crippen molar-refractivity contribution in [2.45, 2.75) is 25.2 Å². The van der Waals surface area contributed by atoms with E-state index < -0.39 is 29.9 Å². The van der Waals surface area contributed by atoms with E-state index >= 15 is 0 Å². The minimum atomic E-state index is -4.75. The summed E-state index contributed by atoms with van der Waals surface area (Å²) >= 11 is 0. The summed E-state index contributed by atoms with van der Waals surface area (Å²) in [7, 11) is 0. The van der Waals surface area contributed by atoms with Crippen LogP contribution in [0.25, 0.3) is 0 Å². The molecule has 0 aliphatic carbocycles. The van der Waals surface area contributed by atoms with Crippen LogP contribution in [0.1, 0.15) is 27.9 Å². The summed E-state index contributed by atoms with van der Waals surface area (Å²) < 4.78 is 39.4. The van der Waals surface area contributed by atoms with Gasteiger partial charge in [-0.25, -0.2) is 0 Å². The van der Waals surface area contributed by atoms with Gasteiger partial charge >= 0.3 is 6.18 Å². The van der Waals surface area contributed by atoms with Gasteiger partial charge in [0, 0.05) is 23.5 Å². The number of hydrogen-bond acceptors (Lipinski definition) is 4. The van der Waals surface area contributed by atoms with E-state index in [1.165, 1.54) is 36.7 Å². The van der Waals surface area contributed by atoms with E-state index in [-0.39, 0.29) is 11.1 Å². The predicted octanol–water partition coefficient (Wildman–Crippen LogP) is 3.00. The van der Waals surface area contributed by atoms with Crippen LogP contribution in [0.3, 0.4) is 0 Å². The van der Waals surface area contributed by atoms with Crippen LogP contribution in [-0.4, -0.2) is 32.9 Å². The molecule has 1 aromatic heterocycles. The SMILES string of the molecule is Cc1ccc(C(=O)N2N=C(C(F)(F)F)C[C@]2(O)c2ccncc2)cc1. The minimum absolute atomic E-state index is 0.103. The van der Waals surface area contributed by atoms with Crippen LogP contribution in [0.5, 0.6) is 0 Å². The number of rotatable bonds is 2. The fourth-order valence-electron chi connectivity index (χ4n) is 2.58. The van der Waals surface area contributed by atoms with E-state index in [1.54, 1.807) is 12.1 Å². The number of amides is 1. The van der Waals surface area contributed by atoms with Crippen molar-refractivity contribution in [2.24, 2.45) is 5.10 Å². The Morgan fingerprint density at radius 3 is 2.32 bits per heavy atom.